The lowest BCUT2D eigenvalue weighted by molar-refractivity contribution is -0.112. The van der Waals surface area contributed by atoms with Gasteiger partial charge in [-0.3, -0.25) is 4.79 Å². The summed E-state index contributed by atoms with van der Waals surface area (Å²) >= 11 is 2.15. The monoisotopic (exact) mass is 490 g/mol. The van der Waals surface area contributed by atoms with Crippen LogP contribution >= 0.6 is 22.6 Å². The van der Waals surface area contributed by atoms with Gasteiger partial charge in [0.05, 0.1) is 18.8 Å². The molecule has 0 unspecified atom stereocenters. The average molecular weight is 490 g/mol. The van der Waals surface area contributed by atoms with Crippen LogP contribution in [0.25, 0.3) is 6.08 Å². The van der Waals surface area contributed by atoms with Gasteiger partial charge >= 0.3 is 5.97 Å². The molecule has 28 heavy (non-hydrogen) atoms. The Hall–Kier alpha value is -2.86. The van der Waals surface area contributed by atoms with Crippen molar-refractivity contribution in [3.63, 3.8) is 0 Å². The van der Waals surface area contributed by atoms with Crippen molar-refractivity contribution in [1.29, 1.82) is 5.26 Å². The molecule has 2 aromatic rings. The quantitative estimate of drug-likeness (QED) is 0.269. The number of carbonyl (C=O) groups is 2. The first-order valence-electron chi connectivity index (χ1n) is 8.60. The smallest absolute Gasteiger partial charge is 0.338 e. The van der Waals surface area contributed by atoms with E-state index in [2.05, 4.69) is 27.9 Å². The molecule has 0 aliphatic heterocycles. The second-order valence-electron chi connectivity index (χ2n) is 5.58. The van der Waals surface area contributed by atoms with Crippen molar-refractivity contribution in [2.75, 3.05) is 18.5 Å². The van der Waals surface area contributed by atoms with Crippen LogP contribution in [0.1, 0.15) is 29.8 Å². The molecule has 6 nitrogen and oxygen atoms in total. The van der Waals surface area contributed by atoms with E-state index >= 15 is 0 Å². The van der Waals surface area contributed by atoms with Crippen LogP contribution in [0.3, 0.4) is 0 Å². The Morgan fingerprint density at radius 3 is 2.46 bits per heavy atom. The highest BCUT2D eigenvalue weighted by Gasteiger charge is 2.11. The van der Waals surface area contributed by atoms with E-state index in [-0.39, 0.29) is 12.2 Å². The highest BCUT2D eigenvalue weighted by Crippen LogP contribution is 2.21. The van der Waals surface area contributed by atoms with E-state index < -0.39 is 11.9 Å². The summed E-state index contributed by atoms with van der Waals surface area (Å²) < 4.78 is 11.3. The van der Waals surface area contributed by atoms with Gasteiger partial charge in [0.2, 0.25) is 0 Å². The van der Waals surface area contributed by atoms with Gasteiger partial charge in [0.15, 0.2) is 0 Å². The number of hydrogen-bond donors (Lipinski definition) is 1. The molecule has 0 aromatic heterocycles. The van der Waals surface area contributed by atoms with Gasteiger partial charge in [-0.05, 0) is 90.5 Å². The summed E-state index contributed by atoms with van der Waals surface area (Å²) in [5, 5.41) is 12.0. The Labute approximate surface area is 177 Å². The first-order valence-corrected chi connectivity index (χ1v) is 9.68. The molecule has 0 saturated heterocycles. The molecule has 0 fully saturated rings. The fourth-order valence-electron chi connectivity index (χ4n) is 2.34. The predicted molar refractivity (Wildman–Crippen MR) is 115 cm³/mol. The van der Waals surface area contributed by atoms with Crippen LogP contribution in [0.5, 0.6) is 5.75 Å². The van der Waals surface area contributed by atoms with Gasteiger partial charge in [0, 0.05) is 9.26 Å². The Bertz CT molecular complexity index is 930. The lowest BCUT2D eigenvalue weighted by atomic mass is 10.1. The molecule has 0 saturated carbocycles. The maximum Gasteiger partial charge on any atom is 0.338 e. The molecule has 0 spiro atoms. The van der Waals surface area contributed by atoms with Crippen molar-refractivity contribution in [1.82, 2.24) is 0 Å². The third-order valence-electron chi connectivity index (χ3n) is 3.53. The fraction of sp³-hybridized carbons (Fsp3) is 0.190. The minimum Gasteiger partial charge on any atom is -0.494 e. The summed E-state index contributed by atoms with van der Waals surface area (Å²) in [6, 6.07) is 13.7. The second kappa shape index (κ2) is 10.5. The van der Waals surface area contributed by atoms with Crippen molar-refractivity contribution < 1.29 is 19.1 Å². The second-order valence-corrected chi connectivity index (χ2v) is 6.82. The number of ether oxygens (including phenoxy) is 2. The van der Waals surface area contributed by atoms with E-state index in [9.17, 15) is 14.9 Å². The van der Waals surface area contributed by atoms with Crippen LogP contribution < -0.4 is 10.1 Å². The molecular formula is C21H19IN2O4. The van der Waals surface area contributed by atoms with E-state index in [4.69, 9.17) is 9.47 Å². The number of nitrogens with one attached hydrogen (secondary N) is 1. The zero-order valence-corrected chi connectivity index (χ0v) is 17.6. The zero-order chi connectivity index (χ0) is 20.5. The van der Waals surface area contributed by atoms with Crippen LogP contribution in [0.2, 0.25) is 0 Å². The average Bonchev–Trinajstić information content (AvgIpc) is 2.66. The molecule has 2 rings (SSSR count). The molecule has 1 amide bonds. The largest absolute Gasteiger partial charge is 0.494 e. The summed E-state index contributed by atoms with van der Waals surface area (Å²) in [4.78, 5) is 24.1. The minimum absolute atomic E-state index is 0.0427. The molecule has 0 aliphatic rings. The van der Waals surface area contributed by atoms with Crippen LogP contribution in [0.15, 0.2) is 48.0 Å². The van der Waals surface area contributed by atoms with Crippen LogP contribution in [-0.4, -0.2) is 25.1 Å². The highest BCUT2D eigenvalue weighted by molar-refractivity contribution is 14.1. The van der Waals surface area contributed by atoms with Gasteiger partial charge in [-0.2, -0.15) is 5.26 Å². The van der Waals surface area contributed by atoms with E-state index in [1.807, 2.05) is 25.1 Å². The summed E-state index contributed by atoms with van der Waals surface area (Å²) in [6.07, 6.45) is 1.51. The number of rotatable bonds is 7. The molecule has 0 radical (unpaired) electrons. The van der Waals surface area contributed by atoms with Crippen molar-refractivity contribution in [3.8, 4) is 11.8 Å². The summed E-state index contributed by atoms with van der Waals surface area (Å²) in [5.74, 6) is -0.294. The third-order valence-corrected chi connectivity index (χ3v) is 4.16. The number of carbonyl (C=O) groups excluding carboxylic acids is 2. The first-order chi connectivity index (χ1) is 13.5. The number of nitriles is 1. The fourth-order valence-corrected chi connectivity index (χ4v) is 3.00. The third kappa shape index (κ3) is 6.09. The van der Waals surface area contributed by atoms with Crippen LogP contribution in [-0.2, 0) is 9.53 Å². The topological polar surface area (TPSA) is 88.4 Å². The number of benzene rings is 2. The summed E-state index contributed by atoms with van der Waals surface area (Å²) in [7, 11) is 0. The van der Waals surface area contributed by atoms with E-state index in [0.717, 1.165) is 3.57 Å². The summed E-state index contributed by atoms with van der Waals surface area (Å²) in [6.45, 7) is 4.43. The Kier molecular flexibility index (Phi) is 8.02. The molecule has 2 aromatic carbocycles. The summed E-state index contributed by atoms with van der Waals surface area (Å²) in [5.41, 5.74) is 1.51. The highest BCUT2D eigenvalue weighted by atomic mass is 127. The van der Waals surface area contributed by atoms with Gasteiger partial charge in [-0.15, -0.1) is 0 Å². The molecule has 7 heteroatoms. The van der Waals surface area contributed by atoms with Gasteiger partial charge in [0.1, 0.15) is 17.4 Å². The number of halogens is 1. The standard InChI is InChI=1S/C21H19IN2O4/c1-3-27-19-11-14(10-17(22)12-19)9-16(13-23)20(25)24-18-7-5-15(6-8-18)21(26)28-4-2/h5-12H,3-4H2,1-2H3,(H,24,25)/b16-9+. The number of amides is 1. The SMILES string of the molecule is CCOC(=O)c1ccc(NC(=O)/C(C#N)=C/c2cc(I)cc(OCC)c2)cc1. The zero-order valence-electron chi connectivity index (χ0n) is 15.5. The molecule has 0 heterocycles. The lowest BCUT2D eigenvalue weighted by Gasteiger charge is -2.07. The van der Waals surface area contributed by atoms with Crippen molar-refractivity contribution in [2.45, 2.75) is 13.8 Å². The minimum atomic E-state index is -0.539. The van der Waals surface area contributed by atoms with Crippen molar-refractivity contribution in [2.24, 2.45) is 0 Å². The molecule has 144 valence electrons. The number of esters is 1. The Morgan fingerprint density at radius 1 is 1.14 bits per heavy atom. The molecular weight excluding hydrogens is 471 g/mol. The maximum atomic E-state index is 12.4. The first kappa shape index (κ1) is 21.4. The van der Waals surface area contributed by atoms with Crippen LogP contribution in [0, 0.1) is 14.9 Å². The number of anilines is 1. The van der Waals surface area contributed by atoms with Crippen molar-refractivity contribution >= 4 is 46.2 Å². The lowest BCUT2D eigenvalue weighted by Crippen LogP contribution is -2.13. The van der Waals surface area contributed by atoms with Gasteiger partial charge < -0.3 is 14.8 Å². The van der Waals surface area contributed by atoms with Crippen molar-refractivity contribution in [3.05, 3.63) is 62.7 Å². The van der Waals surface area contributed by atoms with Crippen LogP contribution in [0.4, 0.5) is 5.69 Å². The number of nitrogens with zero attached hydrogens (tertiary/aromatic N) is 1. The van der Waals surface area contributed by atoms with Gasteiger partial charge in [-0.1, -0.05) is 0 Å². The van der Waals surface area contributed by atoms with E-state index in [1.165, 1.54) is 6.08 Å². The maximum absolute atomic E-state index is 12.4. The molecule has 0 bridgehead atoms. The van der Waals surface area contributed by atoms with E-state index in [1.54, 1.807) is 37.3 Å². The normalized spacial score (nSPS) is 10.7. The number of hydrogen-bond acceptors (Lipinski definition) is 5. The Balaban J connectivity index is 2.16. The predicted octanol–water partition coefficient (Wildman–Crippen LogP) is 4.41. The molecule has 0 atom stereocenters. The van der Waals surface area contributed by atoms with E-state index in [0.29, 0.717) is 29.2 Å². The van der Waals surface area contributed by atoms with Gasteiger partial charge in [-0.25, -0.2) is 4.79 Å². The molecule has 1 N–H and O–H groups in total. The molecule has 0 aliphatic carbocycles. The van der Waals surface area contributed by atoms with Gasteiger partial charge in [0.25, 0.3) is 5.91 Å². The Morgan fingerprint density at radius 2 is 1.86 bits per heavy atom.